The van der Waals surface area contributed by atoms with Gasteiger partial charge in [-0.2, -0.15) is 0 Å². The molecule has 1 heterocycles. The van der Waals surface area contributed by atoms with Crippen LogP contribution in [0.25, 0.3) is 0 Å². The van der Waals surface area contributed by atoms with Gasteiger partial charge >= 0.3 is 0 Å². The molecule has 1 atom stereocenters. The first-order valence-corrected chi connectivity index (χ1v) is 6.45. The van der Waals surface area contributed by atoms with E-state index in [9.17, 15) is 14.9 Å². The van der Waals surface area contributed by atoms with Crippen LogP contribution in [-0.2, 0) is 0 Å². The molecule has 0 radical (unpaired) electrons. The number of carbonyl (C=O) groups excluding carboxylic acids is 1. The Hall–Kier alpha value is -2.89. The Morgan fingerprint density at radius 1 is 1.14 bits per heavy atom. The number of nitrogens with one attached hydrogen (secondary N) is 1. The molecule has 0 aliphatic carbocycles. The minimum Gasteiger partial charge on any atom is -0.350 e. The van der Waals surface area contributed by atoms with Gasteiger partial charge in [0, 0.05) is 13.1 Å². The number of nitrogens with zero attached hydrogens (tertiary/aromatic N) is 2. The molecule has 106 valence electrons. The van der Waals surface area contributed by atoms with E-state index in [-0.39, 0.29) is 11.6 Å². The van der Waals surface area contributed by atoms with Gasteiger partial charge < -0.3 is 10.2 Å². The highest BCUT2D eigenvalue weighted by Gasteiger charge is 2.32. The largest absolute Gasteiger partial charge is 0.350 e. The lowest BCUT2D eigenvalue weighted by Gasteiger charge is -2.36. The first-order valence-electron chi connectivity index (χ1n) is 6.45. The number of nitro benzene ring substituents is 1. The molecule has 1 aliphatic heterocycles. The molecule has 0 saturated carbocycles. The minimum absolute atomic E-state index is 0.00553. The first kappa shape index (κ1) is 13.1. The molecule has 0 bridgehead atoms. The van der Waals surface area contributed by atoms with E-state index in [4.69, 9.17) is 0 Å². The molecule has 0 spiro atoms. The molecule has 1 amide bonds. The highest BCUT2D eigenvalue weighted by Crippen LogP contribution is 2.34. The molecule has 1 N–H and O–H groups in total. The van der Waals surface area contributed by atoms with Crippen LogP contribution in [0.15, 0.2) is 48.5 Å². The van der Waals surface area contributed by atoms with Gasteiger partial charge in [0.2, 0.25) is 0 Å². The molecule has 0 fully saturated rings. The highest BCUT2D eigenvalue weighted by atomic mass is 16.6. The van der Waals surface area contributed by atoms with Crippen molar-refractivity contribution in [1.82, 2.24) is 5.32 Å². The summed E-state index contributed by atoms with van der Waals surface area (Å²) in [6.45, 7) is 0. The SMILES string of the molecule is CN1c2ccccc2C(=O)NC1c1ccccc1[N+](=O)[O-]. The van der Waals surface area contributed by atoms with Gasteiger partial charge in [-0.3, -0.25) is 14.9 Å². The molecule has 3 rings (SSSR count). The second-order valence-electron chi connectivity index (χ2n) is 4.82. The van der Waals surface area contributed by atoms with Crippen molar-refractivity contribution < 1.29 is 9.72 Å². The van der Waals surface area contributed by atoms with Gasteiger partial charge in [0.05, 0.1) is 21.7 Å². The zero-order valence-electron chi connectivity index (χ0n) is 11.3. The lowest BCUT2D eigenvalue weighted by Crippen LogP contribution is -2.44. The Bertz CT molecular complexity index is 730. The van der Waals surface area contributed by atoms with E-state index >= 15 is 0 Å². The van der Waals surface area contributed by atoms with Gasteiger partial charge in [-0.15, -0.1) is 0 Å². The molecule has 0 aromatic heterocycles. The Balaban J connectivity index is 2.10. The van der Waals surface area contributed by atoms with E-state index in [2.05, 4.69) is 5.32 Å². The van der Waals surface area contributed by atoms with Crippen molar-refractivity contribution in [2.75, 3.05) is 11.9 Å². The second-order valence-corrected chi connectivity index (χ2v) is 4.82. The molecule has 6 heteroatoms. The van der Waals surface area contributed by atoms with Crippen molar-refractivity contribution in [1.29, 1.82) is 0 Å². The second kappa shape index (κ2) is 4.90. The van der Waals surface area contributed by atoms with Gasteiger partial charge in [-0.25, -0.2) is 0 Å². The molecule has 1 unspecified atom stereocenters. The number of hydrogen-bond acceptors (Lipinski definition) is 4. The molecule has 21 heavy (non-hydrogen) atoms. The Morgan fingerprint density at radius 3 is 2.57 bits per heavy atom. The third-order valence-corrected chi connectivity index (χ3v) is 3.61. The summed E-state index contributed by atoms with van der Waals surface area (Å²) in [5.41, 5.74) is 1.78. The van der Waals surface area contributed by atoms with Crippen LogP contribution in [0.1, 0.15) is 22.1 Å². The zero-order valence-corrected chi connectivity index (χ0v) is 11.3. The van der Waals surface area contributed by atoms with Crippen LogP contribution < -0.4 is 10.2 Å². The molecular weight excluding hydrogens is 270 g/mol. The van der Waals surface area contributed by atoms with Crippen LogP contribution in [0.3, 0.4) is 0 Å². The van der Waals surface area contributed by atoms with Crippen molar-refractivity contribution in [3.05, 3.63) is 69.8 Å². The summed E-state index contributed by atoms with van der Waals surface area (Å²) in [6, 6.07) is 13.6. The summed E-state index contributed by atoms with van der Waals surface area (Å²) in [5.74, 6) is -0.230. The van der Waals surface area contributed by atoms with Crippen LogP contribution in [0.2, 0.25) is 0 Å². The summed E-state index contributed by atoms with van der Waals surface area (Å²) in [4.78, 5) is 24.8. The third kappa shape index (κ3) is 2.10. The maximum Gasteiger partial charge on any atom is 0.276 e. The number of anilines is 1. The van der Waals surface area contributed by atoms with Crippen molar-refractivity contribution >= 4 is 17.3 Å². The Kier molecular flexibility index (Phi) is 3.06. The van der Waals surface area contributed by atoms with Gasteiger partial charge in [-0.1, -0.05) is 24.3 Å². The number of nitro groups is 1. The number of fused-ring (bicyclic) bond motifs is 1. The van der Waals surface area contributed by atoms with E-state index < -0.39 is 11.1 Å². The predicted octanol–water partition coefficient (Wildman–Crippen LogP) is 2.47. The third-order valence-electron chi connectivity index (χ3n) is 3.61. The van der Waals surface area contributed by atoms with Gasteiger partial charge in [0.25, 0.3) is 11.6 Å². The fourth-order valence-electron chi connectivity index (χ4n) is 2.58. The van der Waals surface area contributed by atoms with Crippen molar-refractivity contribution in [2.24, 2.45) is 0 Å². The number of carbonyl (C=O) groups is 1. The average Bonchev–Trinajstić information content (AvgIpc) is 2.51. The zero-order chi connectivity index (χ0) is 15.0. The fraction of sp³-hybridized carbons (Fsp3) is 0.133. The van der Waals surface area contributed by atoms with Crippen LogP contribution in [0.5, 0.6) is 0 Å². The maximum absolute atomic E-state index is 12.2. The highest BCUT2D eigenvalue weighted by molar-refractivity contribution is 6.02. The minimum atomic E-state index is -0.561. The van der Waals surface area contributed by atoms with E-state index in [1.165, 1.54) is 6.07 Å². The van der Waals surface area contributed by atoms with Crippen molar-refractivity contribution in [3.8, 4) is 0 Å². The van der Waals surface area contributed by atoms with Gasteiger partial charge in [-0.05, 0) is 18.2 Å². The number of rotatable bonds is 2. The first-order chi connectivity index (χ1) is 10.1. The van der Waals surface area contributed by atoms with Gasteiger partial charge in [0.1, 0.15) is 6.17 Å². The molecule has 1 aliphatic rings. The van der Waals surface area contributed by atoms with E-state index in [0.717, 1.165) is 5.69 Å². The number of benzene rings is 2. The summed E-state index contributed by atoms with van der Waals surface area (Å²) in [7, 11) is 1.81. The van der Waals surface area contributed by atoms with Crippen LogP contribution in [0, 0.1) is 10.1 Å². The van der Waals surface area contributed by atoms with Crippen molar-refractivity contribution in [3.63, 3.8) is 0 Å². The summed E-state index contributed by atoms with van der Waals surface area (Å²) in [5, 5.41) is 14.0. The molecule has 2 aromatic carbocycles. The lowest BCUT2D eigenvalue weighted by molar-refractivity contribution is -0.385. The number of amides is 1. The van der Waals surface area contributed by atoms with Crippen LogP contribution in [-0.4, -0.2) is 17.9 Å². The van der Waals surface area contributed by atoms with E-state index in [1.807, 2.05) is 17.0 Å². The Labute approximate surface area is 121 Å². The summed E-state index contributed by atoms with van der Waals surface area (Å²) >= 11 is 0. The van der Waals surface area contributed by atoms with Crippen LogP contribution in [0.4, 0.5) is 11.4 Å². The molecule has 6 nitrogen and oxygen atoms in total. The number of hydrogen-bond donors (Lipinski definition) is 1. The summed E-state index contributed by atoms with van der Waals surface area (Å²) < 4.78 is 0. The smallest absolute Gasteiger partial charge is 0.276 e. The average molecular weight is 283 g/mol. The van der Waals surface area contributed by atoms with Gasteiger partial charge in [0.15, 0.2) is 0 Å². The quantitative estimate of drug-likeness (QED) is 0.678. The normalized spacial score (nSPS) is 17.1. The molecular formula is C15H13N3O3. The molecule has 2 aromatic rings. The maximum atomic E-state index is 12.2. The monoisotopic (exact) mass is 283 g/mol. The standard InChI is InChI=1S/C15H13N3O3/c1-17-12-8-4-3-7-11(12)15(19)16-14(17)10-6-2-5-9-13(10)18(20)21/h2-9,14H,1H3,(H,16,19). The van der Waals surface area contributed by atoms with E-state index in [1.54, 1.807) is 37.4 Å². The predicted molar refractivity (Wildman–Crippen MR) is 78.1 cm³/mol. The topological polar surface area (TPSA) is 75.5 Å². The van der Waals surface area contributed by atoms with Crippen LogP contribution >= 0.6 is 0 Å². The lowest BCUT2D eigenvalue weighted by atomic mass is 10.0. The Morgan fingerprint density at radius 2 is 1.81 bits per heavy atom. The summed E-state index contributed by atoms with van der Waals surface area (Å²) in [6.07, 6.45) is -0.561. The van der Waals surface area contributed by atoms with E-state index in [0.29, 0.717) is 11.1 Å². The van der Waals surface area contributed by atoms with Crippen molar-refractivity contribution in [2.45, 2.75) is 6.17 Å². The number of para-hydroxylation sites is 2. The molecule has 0 saturated heterocycles. The fourth-order valence-corrected chi connectivity index (χ4v) is 2.58.